The van der Waals surface area contributed by atoms with E-state index < -0.39 is 24.0 Å². The number of aryl methyl sites for hydroxylation is 2. The third-order valence-corrected chi connectivity index (χ3v) is 5.85. The Labute approximate surface area is 171 Å². The Balaban J connectivity index is 1.78. The fraction of sp³-hybridized carbons (Fsp3) is 0.571. The van der Waals surface area contributed by atoms with Crippen LogP contribution in [0.4, 0.5) is 10.5 Å². The van der Waals surface area contributed by atoms with Crippen molar-refractivity contribution in [3.8, 4) is 0 Å². The Morgan fingerprint density at radius 1 is 1.24 bits per heavy atom. The number of hydrogen-bond acceptors (Lipinski definition) is 5. The van der Waals surface area contributed by atoms with E-state index in [1.165, 1.54) is 4.90 Å². The topological polar surface area (TPSA) is 91.0 Å². The Bertz CT molecular complexity index is 792. The van der Waals surface area contributed by atoms with Gasteiger partial charge in [-0.25, -0.2) is 4.79 Å². The average Bonchev–Trinajstić information content (AvgIpc) is 2.67. The van der Waals surface area contributed by atoms with Crippen molar-refractivity contribution < 1.29 is 19.1 Å². The van der Waals surface area contributed by atoms with Crippen molar-refractivity contribution in [2.45, 2.75) is 39.5 Å². The van der Waals surface area contributed by atoms with Gasteiger partial charge in [-0.15, -0.1) is 0 Å². The van der Waals surface area contributed by atoms with Crippen molar-refractivity contribution in [3.63, 3.8) is 0 Å². The molecule has 1 aromatic rings. The summed E-state index contributed by atoms with van der Waals surface area (Å²) in [6.45, 7) is 6.29. The number of fused-ring (bicyclic) bond motifs is 1. The van der Waals surface area contributed by atoms with Crippen LogP contribution in [-0.2, 0) is 14.3 Å². The number of hydrogen-bond donors (Lipinski definition) is 2. The van der Waals surface area contributed by atoms with Crippen LogP contribution < -0.4 is 10.6 Å². The molecule has 4 unspecified atom stereocenters. The van der Waals surface area contributed by atoms with Crippen LogP contribution in [0, 0.1) is 25.7 Å². The number of benzene rings is 1. The average molecular weight is 402 g/mol. The Morgan fingerprint density at radius 2 is 1.90 bits per heavy atom. The number of piperidine rings is 1. The van der Waals surface area contributed by atoms with Gasteiger partial charge in [0.2, 0.25) is 11.8 Å². The van der Waals surface area contributed by atoms with E-state index in [1.54, 1.807) is 14.2 Å². The van der Waals surface area contributed by atoms with E-state index >= 15 is 0 Å². The summed E-state index contributed by atoms with van der Waals surface area (Å²) >= 11 is 0. The molecule has 2 aliphatic rings. The molecule has 4 amide bonds. The van der Waals surface area contributed by atoms with Gasteiger partial charge in [-0.2, -0.15) is 0 Å². The molecule has 0 aliphatic carbocycles. The van der Waals surface area contributed by atoms with Crippen LogP contribution in [0.3, 0.4) is 0 Å². The molecule has 29 heavy (non-hydrogen) atoms. The molecular weight excluding hydrogens is 372 g/mol. The minimum Gasteiger partial charge on any atom is -0.380 e. The highest BCUT2D eigenvalue weighted by Crippen LogP contribution is 2.33. The van der Waals surface area contributed by atoms with Gasteiger partial charge in [0.05, 0.1) is 18.2 Å². The van der Waals surface area contributed by atoms with E-state index in [9.17, 15) is 14.4 Å². The van der Waals surface area contributed by atoms with Crippen molar-refractivity contribution in [1.82, 2.24) is 15.1 Å². The number of nitrogens with zero attached hydrogens (tertiary/aromatic N) is 2. The van der Waals surface area contributed by atoms with E-state index in [-0.39, 0.29) is 24.5 Å². The lowest BCUT2D eigenvalue weighted by atomic mass is 9.81. The quantitative estimate of drug-likeness (QED) is 0.783. The van der Waals surface area contributed by atoms with Crippen molar-refractivity contribution in [2.75, 3.05) is 32.6 Å². The highest BCUT2D eigenvalue weighted by molar-refractivity contribution is 6.04. The van der Waals surface area contributed by atoms with Gasteiger partial charge in [-0.05, 0) is 49.4 Å². The summed E-state index contributed by atoms with van der Waals surface area (Å²) in [6, 6.07) is 5.23. The highest BCUT2D eigenvalue weighted by atomic mass is 16.5. The molecule has 8 nitrogen and oxygen atoms in total. The van der Waals surface area contributed by atoms with E-state index in [0.29, 0.717) is 12.2 Å². The van der Waals surface area contributed by atoms with Crippen molar-refractivity contribution in [3.05, 3.63) is 29.3 Å². The number of ether oxygens (including phenoxy) is 1. The molecule has 0 aromatic heterocycles. The third-order valence-electron chi connectivity index (χ3n) is 5.85. The van der Waals surface area contributed by atoms with Crippen LogP contribution in [0.5, 0.6) is 0 Å². The van der Waals surface area contributed by atoms with E-state index in [1.807, 2.05) is 32.0 Å². The fourth-order valence-electron chi connectivity index (χ4n) is 4.48. The molecule has 3 rings (SSSR count). The number of nitrogens with one attached hydrogen (secondary N) is 2. The summed E-state index contributed by atoms with van der Waals surface area (Å²) in [5, 5.41) is 6.09. The van der Waals surface area contributed by atoms with Gasteiger partial charge in [-0.1, -0.05) is 13.0 Å². The van der Waals surface area contributed by atoms with Crippen LogP contribution in [-0.4, -0.2) is 67.2 Å². The standard InChI is InChI=1S/C21H30N4O4/c1-6-14-10-22-19-17(18(14)29-5)20(27)25(21(28)24(19)4)11-16(26)23-15-8-12(2)7-13(3)9-15/h7-9,14,17-19,22H,6,10-11H2,1-5H3,(H,23,26). The zero-order valence-corrected chi connectivity index (χ0v) is 17.7. The summed E-state index contributed by atoms with van der Waals surface area (Å²) in [7, 11) is 3.24. The maximum Gasteiger partial charge on any atom is 0.328 e. The summed E-state index contributed by atoms with van der Waals surface area (Å²) in [5.41, 5.74) is 2.69. The zero-order valence-electron chi connectivity index (χ0n) is 17.7. The van der Waals surface area contributed by atoms with Crippen LogP contribution in [0.25, 0.3) is 0 Å². The maximum atomic E-state index is 13.2. The molecule has 1 aromatic carbocycles. The van der Waals surface area contributed by atoms with Crippen LogP contribution in [0.1, 0.15) is 24.5 Å². The maximum absolute atomic E-state index is 13.2. The molecule has 0 radical (unpaired) electrons. The SMILES string of the molecule is CCC1CNC2C(C(=O)N(CC(=O)Nc3cc(C)cc(C)c3)C(=O)N2C)C1OC. The van der Waals surface area contributed by atoms with Crippen molar-refractivity contribution in [2.24, 2.45) is 11.8 Å². The molecule has 158 valence electrons. The second kappa shape index (κ2) is 8.51. The van der Waals surface area contributed by atoms with Crippen LogP contribution in [0.2, 0.25) is 0 Å². The smallest absolute Gasteiger partial charge is 0.328 e. The fourth-order valence-corrected chi connectivity index (χ4v) is 4.48. The highest BCUT2D eigenvalue weighted by Gasteiger charge is 2.52. The van der Waals surface area contributed by atoms with Gasteiger partial charge in [0, 0.05) is 26.4 Å². The lowest BCUT2D eigenvalue weighted by Crippen LogP contribution is -2.71. The molecular formula is C21H30N4O4. The molecule has 4 atom stereocenters. The molecule has 0 saturated carbocycles. The van der Waals surface area contributed by atoms with E-state index in [2.05, 4.69) is 17.6 Å². The number of carbonyl (C=O) groups is 3. The van der Waals surface area contributed by atoms with Gasteiger partial charge >= 0.3 is 6.03 Å². The van der Waals surface area contributed by atoms with E-state index in [4.69, 9.17) is 4.74 Å². The molecule has 2 fully saturated rings. The van der Waals surface area contributed by atoms with Gasteiger partial charge in [0.1, 0.15) is 6.54 Å². The second-order valence-electron chi connectivity index (χ2n) is 7.99. The van der Waals surface area contributed by atoms with Gasteiger partial charge in [0.25, 0.3) is 0 Å². The van der Waals surface area contributed by atoms with Crippen molar-refractivity contribution >= 4 is 23.5 Å². The number of imide groups is 1. The number of urea groups is 1. The number of carbonyl (C=O) groups excluding carboxylic acids is 3. The second-order valence-corrected chi connectivity index (χ2v) is 7.99. The first-order valence-corrected chi connectivity index (χ1v) is 9.99. The van der Waals surface area contributed by atoms with Gasteiger partial charge in [-0.3, -0.25) is 19.8 Å². The largest absolute Gasteiger partial charge is 0.380 e. The number of anilines is 1. The summed E-state index contributed by atoms with van der Waals surface area (Å²) in [5.74, 6) is -1.16. The molecule has 2 N–H and O–H groups in total. The lowest BCUT2D eigenvalue weighted by molar-refractivity contribution is -0.154. The molecule has 0 spiro atoms. The first-order chi connectivity index (χ1) is 13.8. The summed E-state index contributed by atoms with van der Waals surface area (Å²) in [6.07, 6.45) is 0.119. The number of methoxy groups -OCH3 is 1. The Morgan fingerprint density at radius 3 is 2.48 bits per heavy atom. The number of amides is 4. The molecule has 2 aliphatic heterocycles. The first-order valence-electron chi connectivity index (χ1n) is 9.99. The predicted molar refractivity (Wildman–Crippen MR) is 109 cm³/mol. The normalized spacial score (nSPS) is 27.1. The van der Waals surface area contributed by atoms with Gasteiger partial charge in [0.15, 0.2) is 0 Å². The summed E-state index contributed by atoms with van der Waals surface area (Å²) < 4.78 is 5.67. The number of rotatable bonds is 5. The molecule has 2 heterocycles. The molecule has 2 saturated heterocycles. The van der Waals surface area contributed by atoms with Crippen LogP contribution >= 0.6 is 0 Å². The Hall–Kier alpha value is -2.45. The van der Waals surface area contributed by atoms with Gasteiger partial charge < -0.3 is 15.0 Å². The minimum atomic E-state index is -0.546. The first kappa shape index (κ1) is 21.3. The summed E-state index contributed by atoms with van der Waals surface area (Å²) in [4.78, 5) is 41.2. The minimum absolute atomic E-state index is 0.165. The molecule has 0 bridgehead atoms. The monoisotopic (exact) mass is 402 g/mol. The Kier molecular flexibility index (Phi) is 6.24. The van der Waals surface area contributed by atoms with Crippen LogP contribution in [0.15, 0.2) is 18.2 Å². The molecule has 8 heteroatoms. The van der Waals surface area contributed by atoms with E-state index in [0.717, 1.165) is 22.4 Å². The predicted octanol–water partition coefficient (Wildman–Crippen LogP) is 1.72. The third kappa shape index (κ3) is 4.13. The zero-order chi connectivity index (χ0) is 21.3. The lowest BCUT2D eigenvalue weighted by Gasteiger charge is -2.50. The van der Waals surface area contributed by atoms with Crippen molar-refractivity contribution in [1.29, 1.82) is 0 Å².